The molecule has 0 saturated heterocycles. The number of carbonyl (C=O) groups is 1. The Morgan fingerprint density at radius 3 is 3.00 bits per heavy atom. The molecular weight excluding hydrogens is 230 g/mol. The van der Waals surface area contributed by atoms with E-state index in [-0.39, 0.29) is 0 Å². The number of hydrogen-bond donors (Lipinski definition) is 0. The lowest BCUT2D eigenvalue weighted by atomic mass is 10.2. The maximum Gasteiger partial charge on any atom is 0.346 e. The van der Waals surface area contributed by atoms with E-state index in [1.54, 1.807) is 36.1 Å². The van der Waals surface area contributed by atoms with Crippen molar-refractivity contribution in [3.63, 3.8) is 0 Å². The largest absolute Gasteiger partial charge is 0.404 e. The number of nitrogens with zero attached hydrogens (tertiary/aromatic N) is 3. The molecule has 2 rings (SSSR count). The molecule has 0 aliphatic rings. The van der Waals surface area contributed by atoms with E-state index in [0.29, 0.717) is 11.4 Å². The molecule has 2 aromatic heterocycles. The summed E-state index contributed by atoms with van der Waals surface area (Å²) in [4.78, 5) is 15.7. The Bertz CT molecular complexity index is 534. The van der Waals surface area contributed by atoms with E-state index in [0.717, 1.165) is 18.5 Å². The van der Waals surface area contributed by atoms with E-state index in [9.17, 15) is 4.79 Å². The number of rotatable bonds is 4. The van der Waals surface area contributed by atoms with Gasteiger partial charge in [-0.15, -0.1) is 0 Å². The van der Waals surface area contributed by atoms with Crippen molar-refractivity contribution in [1.29, 1.82) is 0 Å². The number of aromatic nitrogens is 3. The summed E-state index contributed by atoms with van der Waals surface area (Å²) in [7, 11) is 1.75. The first kappa shape index (κ1) is 12.3. The zero-order chi connectivity index (χ0) is 13.0. The number of carbonyl (C=O) groups excluding carboxylic acids is 1. The molecule has 5 heteroatoms. The van der Waals surface area contributed by atoms with E-state index in [1.807, 2.05) is 0 Å². The highest BCUT2D eigenvalue weighted by Crippen LogP contribution is 2.15. The Morgan fingerprint density at radius 2 is 2.33 bits per heavy atom. The first-order valence-corrected chi connectivity index (χ1v) is 5.86. The summed E-state index contributed by atoms with van der Waals surface area (Å²) in [5.41, 5.74) is 1.35. The van der Waals surface area contributed by atoms with E-state index < -0.39 is 5.97 Å². The average molecular weight is 245 g/mol. The Balaban J connectivity index is 2.12. The van der Waals surface area contributed by atoms with Crippen molar-refractivity contribution in [3.8, 4) is 5.88 Å². The molecule has 0 radical (unpaired) electrons. The maximum atomic E-state index is 11.8. The van der Waals surface area contributed by atoms with Gasteiger partial charge in [-0.05, 0) is 18.6 Å². The molecule has 0 bridgehead atoms. The Kier molecular flexibility index (Phi) is 3.72. The van der Waals surface area contributed by atoms with Gasteiger partial charge in [-0.2, -0.15) is 5.10 Å². The van der Waals surface area contributed by atoms with E-state index >= 15 is 0 Å². The number of hydrogen-bond acceptors (Lipinski definition) is 4. The summed E-state index contributed by atoms with van der Waals surface area (Å²) in [6.45, 7) is 2.08. The fourth-order valence-electron chi connectivity index (χ4n) is 1.62. The lowest BCUT2D eigenvalue weighted by Crippen LogP contribution is -2.11. The standard InChI is InChI=1S/C13H15N3O2/c1-3-5-11-8-12(16(2)15-11)18-13(17)10-6-4-7-14-9-10/h4,6-9H,3,5H2,1-2H3. The van der Waals surface area contributed by atoms with Crippen molar-refractivity contribution in [2.24, 2.45) is 7.05 Å². The average Bonchev–Trinajstić information content (AvgIpc) is 2.71. The second-order valence-corrected chi connectivity index (χ2v) is 3.98. The van der Waals surface area contributed by atoms with Crippen LogP contribution in [0, 0.1) is 0 Å². The van der Waals surface area contributed by atoms with Crippen molar-refractivity contribution in [1.82, 2.24) is 14.8 Å². The van der Waals surface area contributed by atoms with Crippen LogP contribution in [0.15, 0.2) is 30.6 Å². The van der Waals surface area contributed by atoms with Gasteiger partial charge in [0.05, 0.1) is 11.3 Å². The zero-order valence-corrected chi connectivity index (χ0v) is 10.5. The van der Waals surface area contributed by atoms with Crippen LogP contribution in [0.5, 0.6) is 5.88 Å². The number of aryl methyl sites for hydroxylation is 2. The van der Waals surface area contributed by atoms with Gasteiger partial charge in [0.15, 0.2) is 0 Å². The van der Waals surface area contributed by atoms with Crippen LogP contribution in [0.25, 0.3) is 0 Å². The summed E-state index contributed by atoms with van der Waals surface area (Å²) in [6, 6.07) is 5.15. The van der Waals surface area contributed by atoms with Gasteiger partial charge in [0.2, 0.25) is 5.88 Å². The maximum absolute atomic E-state index is 11.8. The molecule has 0 N–H and O–H groups in total. The van der Waals surface area contributed by atoms with E-state index in [2.05, 4.69) is 17.0 Å². The third-order valence-corrected chi connectivity index (χ3v) is 2.49. The Labute approximate surface area is 105 Å². The Hall–Kier alpha value is -2.17. The van der Waals surface area contributed by atoms with Crippen molar-refractivity contribution in [2.75, 3.05) is 0 Å². The molecular formula is C13H15N3O2. The highest BCUT2D eigenvalue weighted by molar-refractivity contribution is 5.90. The summed E-state index contributed by atoms with van der Waals surface area (Å²) >= 11 is 0. The minimum atomic E-state index is -0.422. The predicted octanol–water partition coefficient (Wildman–Crippen LogP) is 1.99. The first-order chi connectivity index (χ1) is 8.70. The number of esters is 1. The molecule has 94 valence electrons. The number of pyridine rings is 1. The fourth-order valence-corrected chi connectivity index (χ4v) is 1.62. The topological polar surface area (TPSA) is 57.0 Å². The monoisotopic (exact) mass is 245 g/mol. The van der Waals surface area contributed by atoms with Gasteiger partial charge >= 0.3 is 5.97 Å². The van der Waals surface area contributed by atoms with Gasteiger partial charge in [0.25, 0.3) is 0 Å². The van der Waals surface area contributed by atoms with Crippen LogP contribution in [0.4, 0.5) is 0 Å². The van der Waals surface area contributed by atoms with E-state index in [1.165, 1.54) is 6.20 Å². The van der Waals surface area contributed by atoms with Gasteiger partial charge in [-0.25, -0.2) is 9.48 Å². The molecule has 0 saturated carbocycles. The normalized spacial score (nSPS) is 10.3. The second-order valence-electron chi connectivity index (χ2n) is 3.98. The van der Waals surface area contributed by atoms with Crippen molar-refractivity contribution < 1.29 is 9.53 Å². The summed E-state index contributed by atoms with van der Waals surface area (Å²) in [5, 5.41) is 4.27. The van der Waals surface area contributed by atoms with Crippen molar-refractivity contribution >= 4 is 5.97 Å². The highest BCUT2D eigenvalue weighted by Gasteiger charge is 2.12. The molecule has 0 amide bonds. The SMILES string of the molecule is CCCc1cc(OC(=O)c2cccnc2)n(C)n1. The number of ether oxygens (including phenoxy) is 1. The molecule has 0 aliphatic carbocycles. The first-order valence-electron chi connectivity index (χ1n) is 5.86. The molecule has 0 spiro atoms. The van der Waals surface area contributed by atoms with Crippen LogP contribution in [-0.4, -0.2) is 20.7 Å². The summed E-state index contributed by atoms with van der Waals surface area (Å²) in [6.07, 6.45) is 4.97. The molecule has 0 aliphatic heterocycles. The van der Waals surface area contributed by atoms with Crippen LogP contribution in [0.3, 0.4) is 0 Å². The summed E-state index contributed by atoms with van der Waals surface area (Å²) < 4.78 is 6.85. The van der Waals surface area contributed by atoms with Gasteiger partial charge in [0.1, 0.15) is 0 Å². The van der Waals surface area contributed by atoms with Gasteiger partial charge in [-0.3, -0.25) is 4.98 Å². The van der Waals surface area contributed by atoms with Crippen molar-refractivity contribution in [3.05, 3.63) is 41.9 Å². The van der Waals surface area contributed by atoms with Gasteiger partial charge in [-0.1, -0.05) is 13.3 Å². The molecule has 0 atom stereocenters. The molecule has 0 unspecified atom stereocenters. The second kappa shape index (κ2) is 5.44. The van der Waals surface area contributed by atoms with E-state index in [4.69, 9.17) is 4.74 Å². The third kappa shape index (κ3) is 2.74. The Morgan fingerprint density at radius 1 is 1.50 bits per heavy atom. The minimum Gasteiger partial charge on any atom is -0.404 e. The van der Waals surface area contributed by atoms with Gasteiger partial charge < -0.3 is 4.74 Å². The smallest absolute Gasteiger partial charge is 0.346 e. The van der Waals surface area contributed by atoms with Gasteiger partial charge in [0, 0.05) is 25.5 Å². The third-order valence-electron chi connectivity index (χ3n) is 2.49. The molecule has 0 fully saturated rings. The molecule has 2 aromatic rings. The highest BCUT2D eigenvalue weighted by atomic mass is 16.5. The molecule has 18 heavy (non-hydrogen) atoms. The lowest BCUT2D eigenvalue weighted by Gasteiger charge is -2.02. The minimum absolute atomic E-state index is 0.422. The molecule has 5 nitrogen and oxygen atoms in total. The van der Waals surface area contributed by atoms with Crippen molar-refractivity contribution in [2.45, 2.75) is 19.8 Å². The predicted molar refractivity (Wildman–Crippen MR) is 66.4 cm³/mol. The van der Waals surface area contributed by atoms with Crippen LogP contribution >= 0.6 is 0 Å². The quantitative estimate of drug-likeness (QED) is 0.773. The van der Waals surface area contributed by atoms with Crippen LogP contribution in [0.2, 0.25) is 0 Å². The molecule has 0 aromatic carbocycles. The summed E-state index contributed by atoms with van der Waals surface area (Å²) in [5.74, 6) is 0.0291. The van der Waals surface area contributed by atoms with Crippen LogP contribution < -0.4 is 4.74 Å². The van der Waals surface area contributed by atoms with Crippen LogP contribution in [0.1, 0.15) is 29.4 Å². The lowest BCUT2D eigenvalue weighted by molar-refractivity contribution is 0.0719. The zero-order valence-electron chi connectivity index (χ0n) is 10.5. The molecule has 2 heterocycles. The fraction of sp³-hybridized carbons (Fsp3) is 0.308. The van der Waals surface area contributed by atoms with Crippen LogP contribution in [-0.2, 0) is 13.5 Å².